The summed E-state index contributed by atoms with van der Waals surface area (Å²) in [4.78, 5) is 27.8. The van der Waals surface area contributed by atoms with Crippen molar-refractivity contribution in [3.63, 3.8) is 0 Å². The molecule has 0 radical (unpaired) electrons. The summed E-state index contributed by atoms with van der Waals surface area (Å²) in [5.74, 6) is -0.376. The minimum atomic E-state index is -0.511. The van der Waals surface area contributed by atoms with Gasteiger partial charge in [0.1, 0.15) is 5.60 Å². The molecule has 0 saturated carbocycles. The Kier molecular flexibility index (Phi) is 6.01. The first-order valence-electron chi connectivity index (χ1n) is 7.46. The maximum atomic E-state index is 12.2. The van der Waals surface area contributed by atoms with Crippen molar-refractivity contribution in [3.05, 3.63) is 0 Å². The number of esters is 1. The normalized spacial score (nSPS) is 23.1. The van der Waals surface area contributed by atoms with Crippen molar-refractivity contribution in [1.29, 1.82) is 0 Å². The zero-order valence-corrected chi connectivity index (χ0v) is 14.0. The quantitative estimate of drug-likeness (QED) is 0.743. The molecule has 122 valence electrons. The highest BCUT2D eigenvalue weighted by atomic mass is 16.6. The lowest BCUT2D eigenvalue weighted by Gasteiger charge is -2.40. The van der Waals surface area contributed by atoms with E-state index in [0.717, 1.165) is 0 Å². The molecule has 1 amide bonds. The molecule has 0 spiro atoms. The smallest absolute Gasteiger partial charge is 0.410 e. The molecule has 1 saturated heterocycles. The van der Waals surface area contributed by atoms with Gasteiger partial charge in [0, 0.05) is 19.1 Å². The van der Waals surface area contributed by atoms with Crippen molar-refractivity contribution in [1.82, 2.24) is 9.80 Å². The molecule has 6 heteroatoms. The third-order valence-electron chi connectivity index (χ3n) is 3.49. The highest BCUT2D eigenvalue weighted by Gasteiger charge is 2.38. The molecule has 0 aliphatic carbocycles. The van der Waals surface area contributed by atoms with Gasteiger partial charge in [0.15, 0.2) is 0 Å². The minimum Gasteiger partial charge on any atom is -0.466 e. The van der Waals surface area contributed by atoms with Crippen LogP contribution in [0.2, 0.25) is 0 Å². The van der Waals surface area contributed by atoms with E-state index >= 15 is 0 Å². The number of likely N-dealkylation sites (N-methyl/N-ethyl adjacent to an activating group) is 1. The molecule has 0 N–H and O–H groups in total. The molecule has 0 aromatic rings. The summed E-state index contributed by atoms with van der Waals surface area (Å²) in [7, 11) is 3.82. The summed E-state index contributed by atoms with van der Waals surface area (Å²) in [6.45, 7) is 8.72. The van der Waals surface area contributed by atoms with Crippen molar-refractivity contribution < 1.29 is 19.1 Å². The number of nitrogens with zero attached hydrogens (tertiary/aromatic N) is 2. The van der Waals surface area contributed by atoms with Crippen molar-refractivity contribution in [2.75, 3.05) is 33.8 Å². The minimum absolute atomic E-state index is 0.0506. The lowest BCUT2D eigenvalue weighted by molar-refractivity contribution is -0.152. The number of hydrogen-bond donors (Lipinski definition) is 0. The van der Waals surface area contributed by atoms with Crippen molar-refractivity contribution >= 4 is 12.1 Å². The summed E-state index contributed by atoms with van der Waals surface area (Å²) in [6, 6.07) is -0.0506. The second-order valence-corrected chi connectivity index (χ2v) is 6.60. The van der Waals surface area contributed by atoms with E-state index in [1.807, 2.05) is 39.8 Å². The molecule has 6 nitrogen and oxygen atoms in total. The number of carbonyl (C=O) groups excluding carboxylic acids is 2. The fourth-order valence-corrected chi connectivity index (χ4v) is 2.47. The van der Waals surface area contributed by atoms with Gasteiger partial charge in [-0.05, 0) is 48.2 Å². The van der Waals surface area contributed by atoms with E-state index in [1.54, 1.807) is 11.8 Å². The SMILES string of the molecule is CCOC(=O)C1CCN(C(=O)OC(C)(C)C)CC1N(C)C. The highest BCUT2D eigenvalue weighted by Crippen LogP contribution is 2.24. The van der Waals surface area contributed by atoms with Crippen LogP contribution in [0.15, 0.2) is 0 Å². The highest BCUT2D eigenvalue weighted by molar-refractivity contribution is 5.74. The Labute approximate surface area is 127 Å². The van der Waals surface area contributed by atoms with Crippen LogP contribution in [0.4, 0.5) is 4.79 Å². The molecule has 0 bridgehead atoms. The van der Waals surface area contributed by atoms with E-state index in [9.17, 15) is 9.59 Å². The first kappa shape index (κ1) is 17.8. The summed E-state index contributed by atoms with van der Waals surface area (Å²) < 4.78 is 10.5. The van der Waals surface area contributed by atoms with Gasteiger partial charge in [-0.1, -0.05) is 0 Å². The predicted molar refractivity (Wildman–Crippen MR) is 80.0 cm³/mol. The molecule has 1 aliphatic rings. The first-order valence-corrected chi connectivity index (χ1v) is 7.46. The van der Waals surface area contributed by atoms with Gasteiger partial charge in [0.25, 0.3) is 0 Å². The van der Waals surface area contributed by atoms with Crippen LogP contribution in [0, 0.1) is 5.92 Å². The Morgan fingerprint density at radius 3 is 2.38 bits per heavy atom. The van der Waals surface area contributed by atoms with Crippen LogP contribution < -0.4 is 0 Å². The largest absolute Gasteiger partial charge is 0.466 e. The summed E-state index contributed by atoms with van der Waals surface area (Å²) in [6.07, 6.45) is 0.276. The van der Waals surface area contributed by atoms with Gasteiger partial charge >= 0.3 is 12.1 Å². The Bertz CT molecular complexity index is 376. The van der Waals surface area contributed by atoms with Gasteiger partial charge < -0.3 is 19.3 Å². The van der Waals surface area contributed by atoms with E-state index in [0.29, 0.717) is 26.1 Å². The van der Waals surface area contributed by atoms with E-state index in [2.05, 4.69) is 0 Å². The van der Waals surface area contributed by atoms with Crippen molar-refractivity contribution in [3.8, 4) is 0 Å². The molecule has 1 fully saturated rings. The van der Waals surface area contributed by atoms with E-state index in [4.69, 9.17) is 9.47 Å². The number of carbonyl (C=O) groups is 2. The van der Waals surface area contributed by atoms with Gasteiger partial charge in [0.2, 0.25) is 0 Å². The molecule has 2 atom stereocenters. The lowest BCUT2D eigenvalue weighted by atomic mass is 9.91. The Balaban J connectivity index is 2.73. The second kappa shape index (κ2) is 7.11. The molecular weight excluding hydrogens is 272 g/mol. The fourth-order valence-electron chi connectivity index (χ4n) is 2.47. The van der Waals surface area contributed by atoms with Gasteiger partial charge in [-0.2, -0.15) is 0 Å². The van der Waals surface area contributed by atoms with Crippen LogP contribution in [-0.4, -0.2) is 67.3 Å². The Morgan fingerprint density at radius 1 is 1.29 bits per heavy atom. The number of ether oxygens (including phenoxy) is 2. The molecular formula is C15H28N2O4. The van der Waals surface area contributed by atoms with Crippen LogP contribution in [-0.2, 0) is 14.3 Å². The first-order chi connectivity index (χ1) is 9.65. The molecule has 0 aromatic carbocycles. The zero-order valence-electron chi connectivity index (χ0n) is 14.0. The Morgan fingerprint density at radius 2 is 1.90 bits per heavy atom. The molecule has 1 heterocycles. The van der Waals surface area contributed by atoms with Crippen LogP contribution in [0.5, 0.6) is 0 Å². The standard InChI is InChI=1S/C15H28N2O4/c1-7-20-13(18)11-8-9-17(10-12(11)16(5)6)14(19)21-15(2,3)4/h11-12H,7-10H2,1-6H3. The number of amides is 1. The monoisotopic (exact) mass is 300 g/mol. The molecule has 21 heavy (non-hydrogen) atoms. The van der Waals surface area contributed by atoms with Gasteiger partial charge in [-0.3, -0.25) is 4.79 Å². The van der Waals surface area contributed by atoms with Crippen LogP contribution in [0.25, 0.3) is 0 Å². The summed E-state index contributed by atoms with van der Waals surface area (Å²) in [5.41, 5.74) is -0.511. The predicted octanol–water partition coefficient (Wildman–Crippen LogP) is 1.74. The number of piperidine rings is 1. The molecule has 0 aromatic heterocycles. The maximum absolute atomic E-state index is 12.2. The topological polar surface area (TPSA) is 59.1 Å². The van der Waals surface area contributed by atoms with E-state index < -0.39 is 5.60 Å². The lowest BCUT2D eigenvalue weighted by Crippen LogP contribution is -2.55. The van der Waals surface area contributed by atoms with Crippen LogP contribution >= 0.6 is 0 Å². The molecule has 2 unspecified atom stereocenters. The van der Waals surface area contributed by atoms with E-state index in [1.165, 1.54) is 0 Å². The zero-order chi connectivity index (χ0) is 16.2. The molecule has 1 aliphatic heterocycles. The average molecular weight is 300 g/mol. The number of rotatable bonds is 3. The summed E-state index contributed by atoms with van der Waals surface area (Å²) in [5, 5.41) is 0. The van der Waals surface area contributed by atoms with Crippen LogP contribution in [0.1, 0.15) is 34.1 Å². The third-order valence-corrected chi connectivity index (χ3v) is 3.49. The number of hydrogen-bond acceptors (Lipinski definition) is 5. The fraction of sp³-hybridized carbons (Fsp3) is 0.867. The van der Waals surface area contributed by atoms with Gasteiger partial charge in [-0.15, -0.1) is 0 Å². The van der Waals surface area contributed by atoms with Gasteiger partial charge in [-0.25, -0.2) is 4.79 Å². The van der Waals surface area contributed by atoms with Crippen LogP contribution in [0.3, 0.4) is 0 Å². The molecule has 1 rings (SSSR count). The second-order valence-electron chi connectivity index (χ2n) is 6.60. The average Bonchev–Trinajstić information content (AvgIpc) is 2.36. The van der Waals surface area contributed by atoms with Gasteiger partial charge in [0.05, 0.1) is 12.5 Å². The maximum Gasteiger partial charge on any atom is 0.410 e. The summed E-state index contributed by atoms with van der Waals surface area (Å²) >= 11 is 0. The Hall–Kier alpha value is -1.30. The third kappa shape index (κ3) is 5.19. The number of likely N-dealkylation sites (tertiary alicyclic amines) is 1. The van der Waals surface area contributed by atoms with E-state index in [-0.39, 0.29) is 24.0 Å². The van der Waals surface area contributed by atoms with Crippen molar-refractivity contribution in [2.45, 2.75) is 45.8 Å². The van der Waals surface area contributed by atoms with Crippen molar-refractivity contribution in [2.24, 2.45) is 5.92 Å².